The fourth-order valence-corrected chi connectivity index (χ4v) is 7.88. The Hall–Kier alpha value is -6.18. The van der Waals surface area contributed by atoms with Gasteiger partial charge >= 0.3 is 0 Å². The van der Waals surface area contributed by atoms with Crippen molar-refractivity contribution < 1.29 is 4.42 Å². The molecule has 1 aromatic heterocycles. The maximum atomic E-state index is 6.88. The summed E-state index contributed by atoms with van der Waals surface area (Å²) in [5.41, 5.74) is 9.05. The summed E-state index contributed by atoms with van der Waals surface area (Å²) in [5.74, 6) is 0. The molecule has 0 fully saturated rings. The number of furan rings is 1. The number of para-hydroxylation sites is 1. The molecule has 0 spiro atoms. The van der Waals surface area contributed by atoms with Crippen LogP contribution in [-0.4, -0.2) is 0 Å². The lowest BCUT2D eigenvalue weighted by molar-refractivity contribution is 0.670. The lowest BCUT2D eigenvalue weighted by atomic mass is 9.85. The molecule has 0 N–H and O–H groups in total. The molecule has 0 unspecified atom stereocenters. The van der Waals surface area contributed by atoms with Gasteiger partial charge in [0, 0.05) is 16.3 Å². The number of rotatable bonds is 3. The molecule has 1 nitrogen and oxygen atoms in total. The van der Waals surface area contributed by atoms with Crippen LogP contribution in [0.2, 0.25) is 0 Å². The predicted octanol–water partition coefficient (Wildman–Crippen LogP) is 13.2. The molecule has 218 valence electrons. The molecule has 0 saturated carbocycles. The highest BCUT2D eigenvalue weighted by Crippen LogP contribution is 2.48. The van der Waals surface area contributed by atoms with Gasteiger partial charge in [-0.05, 0) is 83.0 Å². The minimum Gasteiger partial charge on any atom is -0.455 e. The van der Waals surface area contributed by atoms with Crippen molar-refractivity contribution in [1.29, 1.82) is 0 Å². The normalized spacial score (nSPS) is 11.8. The third-order valence-corrected chi connectivity index (χ3v) is 9.84. The highest BCUT2D eigenvalue weighted by atomic mass is 16.3. The van der Waals surface area contributed by atoms with Crippen molar-refractivity contribution in [3.05, 3.63) is 170 Å². The summed E-state index contributed by atoms with van der Waals surface area (Å²) in [5, 5.41) is 12.2. The Balaban J connectivity index is 1.31. The molecule has 10 aromatic rings. The highest BCUT2D eigenvalue weighted by Gasteiger charge is 2.21. The molecule has 1 heterocycles. The van der Waals surface area contributed by atoms with Crippen LogP contribution in [0.3, 0.4) is 0 Å². The second-order valence-electron chi connectivity index (χ2n) is 12.4. The van der Waals surface area contributed by atoms with Crippen LogP contribution in [0.5, 0.6) is 0 Å². The first kappa shape index (κ1) is 26.1. The molecule has 0 aliphatic heterocycles. The van der Waals surface area contributed by atoms with Crippen molar-refractivity contribution in [3.63, 3.8) is 0 Å². The Kier molecular flexibility index (Phi) is 5.64. The highest BCUT2D eigenvalue weighted by molar-refractivity contribution is 6.26. The van der Waals surface area contributed by atoms with Gasteiger partial charge in [-0.3, -0.25) is 0 Å². The van der Waals surface area contributed by atoms with Gasteiger partial charge in [0.15, 0.2) is 0 Å². The molecule has 0 radical (unpaired) electrons. The van der Waals surface area contributed by atoms with Crippen molar-refractivity contribution in [2.24, 2.45) is 0 Å². The fourth-order valence-electron chi connectivity index (χ4n) is 7.88. The Labute approximate surface area is 271 Å². The minimum atomic E-state index is 0.898. The van der Waals surface area contributed by atoms with E-state index in [2.05, 4.69) is 170 Å². The lowest BCUT2D eigenvalue weighted by Gasteiger charge is -2.18. The van der Waals surface area contributed by atoms with Gasteiger partial charge in [-0.1, -0.05) is 158 Å². The Morgan fingerprint density at radius 3 is 1.57 bits per heavy atom. The Bertz CT molecular complexity index is 2780. The van der Waals surface area contributed by atoms with Crippen LogP contribution in [0.4, 0.5) is 0 Å². The smallest absolute Gasteiger partial charge is 0.143 e. The van der Waals surface area contributed by atoms with E-state index in [1.54, 1.807) is 0 Å². The number of hydrogen-bond acceptors (Lipinski definition) is 1. The van der Waals surface area contributed by atoms with E-state index >= 15 is 0 Å². The third kappa shape index (κ3) is 3.84. The standard InChI is InChI=1S/C46H28O/c1-2-14-29(15-3-1)43-34-20-8-10-22-36(34)44(37-23-11-9-21-35(37)43)39-25-13-27-42-45(39)40-26-12-24-38(46(40)47-42)41-28-30-16-4-5-17-31(30)32-18-6-7-19-33(32)41/h1-28H. The van der Waals surface area contributed by atoms with Crippen LogP contribution >= 0.6 is 0 Å². The first-order chi connectivity index (χ1) is 23.3. The van der Waals surface area contributed by atoms with Gasteiger partial charge in [-0.25, -0.2) is 0 Å². The van der Waals surface area contributed by atoms with E-state index in [0.717, 1.165) is 27.5 Å². The van der Waals surface area contributed by atoms with Gasteiger partial charge in [-0.15, -0.1) is 0 Å². The molecule has 0 bridgehead atoms. The zero-order chi connectivity index (χ0) is 30.9. The largest absolute Gasteiger partial charge is 0.455 e. The number of fused-ring (bicyclic) bond motifs is 8. The molecule has 10 rings (SSSR count). The summed E-state index contributed by atoms with van der Waals surface area (Å²) < 4.78 is 6.88. The average Bonchev–Trinajstić information content (AvgIpc) is 3.53. The summed E-state index contributed by atoms with van der Waals surface area (Å²) in [6.07, 6.45) is 0. The van der Waals surface area contributed by atoms with Gasteiger partial charge in [0.25, 0.3) is 0 Å². The summed E-state index contributed by atoms with van der Waals surface area (Å²) in [6, 6.07) is 61.3. The Morgan fingerprint density at radius 2 is 0.851 bits per heavy atom. The van der Waals surface area contributed by atoms with Crippen LogP contribution < -0.4 is 0 Å². The summed E-state index contributed by atoms with van der Waals surface area (Å²) in [7, 11) is 0. The zero-order valence-corrected chi connectivity index (χ0v) is 25.6. The SMILES string of the molecule is c1ccc(-c2c3ccccc3c(-c3cccc4oc5c(-c6cc7ccccc7c7ccccc67)cccc5c34)c3ccccc23)cc1. The molecule has 47 heavy (non-hydrogen) atoms. The third-order valence-electron chi connectivity index (χ3n) is 9.84. The molecule has 9 aromatic carbocycles. The molecule has 0 aliphatic carbocycles. The zero-order valence-electron chi connectivity index (χ0n) is 25.6. The monoisotopic (exact) mass is 596 g/mol. The van der Waals surface area contributed by atoms with E-state index in [-0.39, 0.29) is 0 Å². The molecule has 1 heteroatoms. The number of hydrogen-bond donors (Lipinski definition) is 0. The predicted molar refractivity (Wildman–Crippen MR) is 200 cm³/mol. The maximum absolute atomic E-state index is 6.88. The van der Waals surface area contributed by atoms with Crippen LogP contribution in [0.1, 0.15) is 0 Å². The van der Waals surface area contributed by atoms with Crippen molar-refractivity contribution in [2.45, 2.75) is 0 Å². The van der Waals surface area contributed by atoms with Crippen LogP contribution in [0.25, 0.3) is 98.4 Å². The van der Waals surface area contributed by atoms with Gasteiger partial charge in [-0.2, -0.15) is 0 Å². The van der Waals surface area contributed by atoms with Crippen molar-refractivity contribution in [1.82, 2.24) is 0 Å². The second kappa shape index (κ2) is 10.2. The molecule has 0 amide bonds. The molecule has 0 aliphatic rings. The fraction of sp³-hybridized carbons (Fsp3) is 0. The van der Waals surface area contributed by atoms with Crippen molar-refractivity contribution >= 4 is 65.0 Å². The first-order valence-corrected chi connectivity index (χ1v) is 16.2. The molecular formula is C46H28O. The second-order valence-corrected chi connectivity index (χ2v) is 12.4. The lowest BCUT2D eigenvalue weighted by Crippen LogP contribution is -1.91. The number of benzene rings is 9. The Morgan fingerprint density at radius 1 is 0.319 bits per heavy atom. The molecule has 0 atom stereocenters. The van der Waals surface area contributed by atoms with Gasteiger partial charge in [0.1, 0.15) is 11.2 Å². The van der Waals surface area contributed by atoms with Crippen LogP contribution in [0, 0.1) is 0 Å². The maximum Gasteiger partial charge on any atom is 0.143 e. The van der Waals surface area contributed by atoms with E-state index in [0.29, 0.717) is 0 Å². The average molecular weight is 597 g/mol. The van der Waals surface area contributed by atoms with E-state index in [9.17, 15) is 0 Å². The van der Waals surface area contributed by atoms with E-state index in [1.165, 1.54) is 70.9 Å². The minimum absolute atomic E-state index is 0.898. The van der Waals surface area contributed by atoms with Crippen molar-refractivity contribution in [2.75, 3.05) is 0 Å². The van der Waals surface area contributed by atoms with Crippen LogP contribution in [-0.2, 0) is 0 Å². The van der Waals surface area contributed by atoms with Gasteiger partial charge in [0.2, 0.25) is 0 Å². The molecule has 0 saturated heterocycles. The quantitative estimate of drug-likeness (QED) is 0.146. The van der Waals surface area contributed by atoms with Gasteiger partial charge < -0.3 is 4.42 Å². The van der Waals surface area contributed by atoms with Crippen molar-refractivity contribution in [3.8, 4) is 33.4 Å². The van der Waals surface area contributed by atoms with Crippen LogP contribution in [0.15, 0.2) is 174 Å². The van der Waals surface area contributed by atoms with E-state index in [4.69, 9.17) is 4.42 Å². The first-order valence-electron chi connectivity index (χ1n) is 16.2. The summed E-state index contributed by atoms with van der Waals surface area (Å²) >= 11 is 0. The topological polar surface area (TPSA) is 13.1 Å². The van der Waals surface area contributed by atoms with E-state index < -0.39 is 0 Å². The molecular weight excluding hydrogens is 569 g/mol. The summed E-state index contributed by atoms with van der Waals surface area (Å²) in [6.45, 7) is 0. The summed E-state index contributed by atoms with van der Waals surface area (Å²) in [4.78, 5) is 0. The van der Waals surface area contributed by atoms with Gasteiger partial charge in [0.05, 0.1) is 0 Å². The van der Waals surface area contributed by atoms with E-state index in [1.807, 2.05) is 0 Å².